The molecule has 0 atom stereocenters. The van der Waals surface area contributed by atoms with Gasteiger partial charge >= 0.3 is 0 Å². The normalized spacial score (nSPS) is 10.5. The van der Waals surface area contributed by atoms with Crippen LogP contribution in [-0.4, -0.2) is 11.4 Å². The number of aromatic nitrogens is 1. The van der Waals surface area contributed by atoms with Gasteiger partial charge in [0, 0.05) is 16.8 Å². The van der Waals surface area contributed by atoms with Crippen molar-refractivity contribution in [2.45, 2.75) is 0 Å². The molecule has 0 spiro atoms. The summed E-state index contributed by atoms with van der Waals surface area (Å²) in [5.41, 5.74) is 11.2. The molecule has 3 rings (SSSR count). The van der Waals surface area contributed by atoms with Gasteiger partial charge in [-0.3, -0.25) is 4.79 Å². The van der Waals surface area contributed by atoms with Crippen molar-refractivity contribution in [2.24, 2.45) is 0 Å². The molecule has 1 aromatic heterocycles. The van der Waals surface area contributed by atoms with Crippen LogP contribution in [0.4, 0.5) is 11.4 Å². The molecule has 0 aliphatic heterocycles. The van der Waals surface area contributed by atoms with E-state index in [0.717, 1.165) is 39.1 Å². The molecule has 0 saturated carbocycles. The summed E-state index contributed by atoms with van der Waals surface area (Å²) in [6, 6.07) is 13.6. The SMILES string of the molecule is C=Cc1cc2c(-c3cccc(N)c3)ccc(NC=O)c2[nH]1. The van der Waals surface area contributed by atoms with Gasteiger partial charge in [-0.1, -0.05) is 24.8 Å². The highest BCUT2D eigenvalue weighted by Crippen LogP contribution is 2.34. The second-order valence-corrected chi connectivity index (χ2v) is 4.77. The number of rotatable bonds is 4. The Hall–Kier alpha value is -3.01. The average molecular weight is 277 g/mol. The second kappa shape index (κ2) is 5.17. The van der Waals surface area contributed by atoms with Crippen molar-refractivity contribution in [3.63, 3.8) is 0 Å². The first-order chi connectivity index (χ1) is 10.2. The minimum atomic E-state index is 0.670. The number of carbonyl (C=O) groups excluding carboxylic acids is 1. The van der Waals surface area contributed by atoms with E-state index in [2.05, 4.69) is 16.9 Å². The molecule has 4 N–H and O–H groups in total. The zero-order valence-corrected chi connectivity index (χ0v) is 11.4. The predicted octanol–water partition coefficient (Wildman–Crippen LogP) is 3.63. The van der Waals surface area contributed by atoms with Gasteiger partial charge in [0.2, 0.25) is 6.41 Å². The third kappa shape index (κ3) is 2.27. The number of H-pyrrole nitrogens is 1. The summed E-state index contributed by atoms with van der Waals surface area (Å²) >= 11 is 0. The zero-order chi connectivity index (χ0) is 14.8. The Labute approximate surface area is 122 Å². The lowest BCUT2D eigenvalue weighted by molar-refractivity contribution is -0.105. The van der Waals surface area contributed by atoms with Gasteiger partial charge in [-0.05, 0) is 41.5 Å². The number of nitrogens with two attached hydrogens (primary N) is 1. The molecule has 0 fully saturated rings. The third-order valence-electron chi connectivity index (χ3n) is 3.45. The van der Waals surface area contributed by atoms with Crippen LogP contribution >= 0.6 is 0 Å². The van der Waals surface area contributed by atoms with Crippen LogP contribution in [-0.2, 0) is 4.79 Å². The average Bonchev–Trinajstić information content (AvgIpc) is 2.92. The Bertz CT molecular complexity index is 833. The molecule has 0 unspecified atom stereocenters. The molecule has 0 radical (unpaired) electrons. The largest absolute Gasteiger partial charge is 0.399 e. The van der Waals surface area contributed by atoms with E-state index in [1.165, 1.54) is 0 Å². The van der Waals surface area contributed by atoms with E-state index in [0.29, 0.717) is 6.41 Å². The van der Waals surface area contributed by atoms with Crippen LogP contribution in [0.5, 0.6) is 0 Å². The third-order valence-corrected chi connectivity index (χ3v) is 3.45. The summed E-state index contributed by atoms with van der Waals surface area (Å²) in [5, 5.41) is 3.72. The van der Waals surface area contributed by atoms with Gasteiger partial charge in [0.15, 0.2) is 0 Å². The van der Waals surface area contributed by atoms with Crippen molar-refractivity contribution in [1.29, 1.82) is 0 Å². The van der Waals surface area contributed by atoms with Gasteiger partial charge < -0.3 is 16.0 Å². The van der Waals surface area contributed by atoms with Gasteiger partial charge in [-0.15, -0.1) is 0 Å². The fraction of sp³-hybridized carbons (Fsp3) is 0. The van der Waals surface area contributed by atoms with Crippen molar-refractivity contribution < 1.29 is 4.79 Å². The quantitative estimate of drug-likeness (QED) is 0.503. The van der Waals surface area contributed by atoms with Crippen molar-refractivity contribution in [3.05, 3.63) is 54.7 Å². The molecule has 4 nitrogen and oxygen atoms in total. The van der Waals surface area contributed by atoms with E-state index in [4.69, 9.17) is 5.73 Å². The van der Waals surface area contributed by atoms with Gasteiger partial charge in [-0.25, -0.2) is 0 Å². The van der Waals surface area contributed by atoms with E-state index < -0.39 is 0 Å². The maximum atomic E-state index is 10.7. The Kier molecular flexibility index (Phi) is 3.20. The Morgan fingerprint density at radius 1 is 1.19 bits per heavy atom. The molecule has 4 heteroatoms. The summed E-state index contributed by atoms with van der Waals surface area (Å²) in [5.74, 6) is 0. The lowest BCUT2D eigenvalue weighted by Gasteiger charge is -2.08. The van der Waals surface area contributed by atoms with E-state index in [1.54, 1.807) is 6.08 Å². The highest BCUT2D eigenvalue weighted by atomic mass is 16.1. The van der Waals surface area contributed by atoms with Crippen LogP contribution in [0.2, 0.25) is 0 Å². The molecule has 1 heterocycles. The molecular formula is C17H15N3O. The van der Waals surface area contributed by atoms with E-state index >= 15 is 0 Å². The van der Waals surface area contributed by atoms with Crippen molar-refractivity contribution in [3.8, 4) is 11.1 Å². The van der Waals surface area contributed by atoms with Crippen LogP contribution in [0.25, 0.3) is 28.1 Å². The Balaban J connectivity index is 2.28. The number of nitrogen functional groups attached to an aromatic ring is 1. The van der Waals surface area contributed by atoms with Crippen LogP contribution in [0.15, 0.2) is 49.0 Å². The number of hydrogen-bond acceptors (Lipinski definition) is 2. The summed E-state index contributed by atoms with van der Waals surface area (Å²) in [6.07, 6.45) is 2.41. The maximum absolute atomic E-state index is 10.7. The monoisotopic (exact) mass is 277 g/mol. The molecule has 2 aromatic carbocycles. The van der Waals surface area contributed by atoms with Gasteiger partial charge in [0.25, 0.3) is 0 Å². The fourth-order valence-electron chi connectivity index (χ4n) is 2.49. The molecule has 3 aromatic rings. The first-order valence-corrected chi connectivity index (χ1v) is 6.57. The number of hydrogen-bond donors (Lipinski definition) is 3. The van der Waals surface area contributed by atoms with E-state index in [-0.39, 0.29) is 0 Å². The van der Waals surface area contributed by atoms with Crippen LogP contribution in [0.3, 0.4) is 0 Å². The summed E-state index contributed by atoms with van der Waals surface area (Å²) < 4.78 is 0. The maximum Gasteiger partial charge on any atom is 0.211 e. The summed E-state index contributed by atoms with van der Waals surface area (Å²) in [7, 11) is 0. The topological polar surface area (TPSA) is 70.9 Å². The van der Waals surface area contributed by atoms with E-state index in [1.807, 2.05) is 42.5 Å². The minimum Gasteiger partial charge on any atom is -0.399 e. The summed E-state index contributed by atoms with van der Waals surface area (Å²) in [6.45, 7) is 3.78. The van der Waals surface area contributed by atoms with Crippen molar-refractivity contribution in [2.75, 3.05) is 11.1 Å². The molecule has 1 amide bonds. The highest BCUT2D eigenvalue weighted by Gasteiger charge is 2.10. The second-order valence-electron chi connectivity index (χ2n) is 4.77. The lowest BCUT2D eigenvalue weighted by atomic mass is 10.0. The number of fused-ring (bicyclic) bond motifs is 1. The van der Waals surface area contributed by atoms with Crippen molar-refractivity contribution in [1.82, 2.24) is 4.98 Å². The van der Waals surface area contributed by atoms with Gasteiger partial charge in [0.1, 0.15) is 0 Å². The summed E-state index contributed by atoms with van der Waals surface area (Å²) in [4.78, 5) is 14.0. The number of anilines is 2. The molecule has 0 aliphatic carbocycles. The number of amides is 1. The predicted molar refractivity (Wildman–Crippen MR) is 87.9 cm³/mol. The number of nitrogens with one attached hydrogen (secondary N) is 2. The number of benzene rings is 2. The van der Waals surface area contributed by atoms with Gasteiger partial charge in [0.05, 0.1) is 11.2 Å². The molecule has 21 heavy (non-hydrogen) atoms. The lowest BCUT2D eigenvalue weighted by Crippen LogP contribution is -1.95. The number of aromatic amines is 1. The smallest absolute Gasteiger partial charge is 0.211 e. The molecule has 0 bridgehead atoms. The standard InChI is InChI=1S/C17H15N3O/c1-2-13-9-15-14(11-4-3-5-12(18)8-11)6-7-16(19-10-21)17(15)20-13/h2-10,20H,1,18H2,(H,19,21). The molecular weight excluding hydrogens is 262 g/mol. The van der Waals surface area contributed by atoms with Crippen LogP contribution in [0, 0.1) is 0 Å². The van der Waals surface area contributed by atoms with E-state index in [9.17, 15) is 4.79 Å². The highest BCUT2D eigenvalue weighted by molar-refractivity contribution is 6.04. The Morgan fingerprint density at radius 2 is 2.05 bits per heavy atom. The Morgan fingerprint density at radius 3 is 2.76 bits per heavy atom. The zero-order valence-electron chi connectivity index (χ0n) is 11.4. The minimum absolute atomic E-state index is 0.670. The van der Waals surface area contributed by atoms with Crippen molar-refractivity contribution >= 4 is 34.8 Å². The van der Waals surface area contributed by atoms with Crippen LogP contribution < -0.4 is 11.1 Å². The molecule has 0 aliphatic rings. The molecule has 104 valence electrons. The molecule has 0 saturated heterocycles. The van der Waals surface area contributed by atoms with Crippen LogP contribution in [0.1, 0.15) is 5.69 Å². The fourth-order valence-corrected chi connectivity index (χ4v) is 2.49. The van der Waals surface area contributed by atoms with Gasteiger partial charge in [-0.2, -0.15) is 0 Å². The first-order valence-electron chi connectivity index (χ1n) is 6.57. The first kappa shape index (κ1) is 13.0. The number of carbonyl (C=O) groups is 1.